The average molecular weight is 545 g/mol. The van der Waals surface area contributed by atoms with Gasteiger partial charge in [-0.25, -0.2) is 13.2 Å². The Morgan fingerprint density at radius 2 is 1.95 bits per heavy atom. The number of ether oxygens (including phenoxy) is 1. The predicted molar refractivity (Wildman–Crippen MR) is 142 cm³/mol. The molecule has 9 nitrogen and oxygen atoms in total. The molecule has 11 heteroatoms. The van der Waals surface area contributed by atoms with Crippen LogP contribution in [0.25, 0.3) is 10.9 Å². The van der Waals surface area contributed by atoms with E-state index in [2.05, 4.69) is 9.55 Å². The molecule has 1 fully saturated rings. The number of methoxy groups -OCH3 is 1. The third-order valence-corrected chi connectivity index (χ3v) is 8.74. The lowest BCUT2D eigenvalue weighted by Crippen LogP contribution is -2.50. The Balaban J connectivity index is 1.49. The minimum absolute atomic E-state index is 0.00834. The summed E-state index contributed by atoms with van der Waals surface area (Å²) < 4.78 is 30.4. The normalized spacial score (nSPS) is 17.0. The number of piperidine rings is 1. The van der Waals surface area contributed by atoms with Gasteiger partial charge >= 0.3 is 6.09 Å². The fraction of sp³-hybridized carbons (Fsp3) is 0.423. The first-order chi connectivity index (χ1) is 17.6. The number of hydrogen-bond donors (Lipinski definition) is 0. The van der Waals surface area contributed by atoms with Gasteiger partial charge in [-0.05, 0) is 55.2 Å². The van der Waals surface area contributed by atoms with Crippen LogP contribution in [0.15, 0.2) is 42.7 Å². The molecule has 0 radical (unpaired) electrons. The number of carbonyl (C=O) groups is 2. The van der Waals surface area contributed by atoms with Crippen molar-refractivity contribution < 1.29 is 22.7 Å². The maximum atomic E-state index is 14.1. The van der Waals surface area contributed by atoms with E-state index in [9.17, 15) is 18.0 Å². The number of sulfone groups is 1. The zero-order chi connectivity index (χ0) is 26.4. The summed E-state index contributed by atoms with van der Waals surface area (Å²) >= 11 is 6.25. The molecule has 1 aromatic carbocycles. The highest BCUT2D eigenvalue weighted by atomic mass is 35.5. The number of fused-ring (bicyclic) bond motifs is 3. The number of amides is 2. The molecule has 0 bridgehead atoms. The second-order valence-corrected chi connectivity index (χ2v) is 12.5. The van der Waals surface area contributed by atoms with Crippen molar-refractivity contribution in [3.8, 4) is 0 Å². The molecule has 3 aromatic rings. The van der Waals surface area contributed by atoms with Crippen LogP contribution >= 0.6 is 11.6 Å². The summed E-state index contributed by atoms with van der Waals surface area (Å²) in [5, 5.41) is 1.54. The first kappa shape index (κ1) is 25.5. The lowest BCUT2D eigenvalue weighted by Gasteiger charge is -2.37. The van der Waals surface area contributed by atoms with Gasteiger partial charge < -0.3 is 19.1 Å². The number of benzene rings is 1. The molecule has 4 heterocycles. The van der Waals surface area contributed by atoms with Crippen molar-refractivity contribution in [3.05, 3.63) is 59.0 Å². The fourth-order valence-corrected chi connectivity index (χ4v) is 6.50. The maximum Gasteiger partial charge on any atom is 0.409 e. The Kier molecular flexibility index (Phi) is 6.66. The van der Waals surface area contributed by atoms with E-state index in [4.69, 9.17) is 16.3 Å². The van der Waals surface area contributed by atoms with Gasteiger partial charge in [0.15, 0.2) is 0 Å². The Hall–Kier alpha value is -3.11. The highest BCUT2D eigenvalue weighted by molar-refractivity contribution is 7.90. The molecule has 1 spiro atoms. The molecule has 2 aliphatic rings. The van der Waals surface area contributed by atoms with Crippen molar-refractivity contribution in [2.24, 2.45) is 0 Å². The molecule has 2 aromatic heterocycles. The number of likely N-dealkylation sites (tertiary alicyclic amines) is 1. The van der Waals surface area contributed by atoms with E-state index in [0.29, 0.717) is 50.5 Å². The van der Waals surface area contributed by atoms with Crippen LogP contribution in [0, 0.1) is 0 Å². The van der Waals surface area contributed by atoms with Crippen LogP contribution in [0.5, 0.6) is 0 Å². The predicted octanol–water partition coefficient (Wildman–Crippen LogP) is 3.77. The Bertz CT molecular complexity index is 1480. The highest BCUT2D eigenvalue weighted by Gasteiger charge is 2.52. The summed E-state index contributed by atoms with van der Waals surface area (Å²) in [4.78, 5) is 33.8. The molecule has 0 atom stereocenters. The zero-order valence-corrected chi connectivity index (χ0v) is 22.4. The van der Waals surface area contributed by atoms with Gasteiger partial charge in [-0.1, -0.05) is 11.6 Å². The molecule has 37 heavy (non-hydrogen) atoms. The quantitative estimate of drug-likeness (QED) is 0.468. The summed E-state index contributed by atoms with van der Waals surface area (Å²) in [6.07, 6.45) is 5.74. The van der Waals surface area contributed by atoms with Gasteiger partial charge in [0.2, 0.25) is 5.91 Å². The minimum atomic E-state index is -3.10. The van der Waals surface area contributed by atoms with Crippen molar-refractivity contribution >= 4 is 50.0 Å². The first-order valence-corrected chi connectivity index (χ1v) is 14.6. The second-order valence-electron chi connectivity index (χ2n) is 9.80. The van der Waals surface area contributed by atoms with Crippen molar-refractivity contribution in [2.45, 2.75) is 37.8 Å². The number of hydrogen-bond acceptors (Lipinski definition) is 6. The van der Waals surface area contributed by atoms with Crippen molar-refractivity contribution in [1.82, 2.24) is 14.5 Å². The Morgan fingerprint density at radius 3 is 2.65 bits per heavy atom. The second kappa shape index (κ2) is 9.64. The molecule has 0 saturated carbocycles. The maximum absolute atomic E-state index is 14.1. The smallest absolute Gasteiger partial charge is 0.409 e. The lowest BCUT2D eigenvalue weighted by molar-refractivity contribution is -0.124. The van der Waals surface area contributed by atoms with Gasteiger partial charge in [0.05, 0.1) is 36.7 Å². The molecular formula is C26H29ClN4O5S. The van der Waals surface area contributed by atoms with Gasteiger partial charge in [0.25, 0.3) is 0 Å². The fourth-order valence-electron chi connectivity index (χ4n) is 5.67. The topological polar surface area (TPSA) is 102 Å². The molecule has 0 N–H and O–H groups in total. The third-order valence-electron chi connectivity index (χ3n) is 7.48. The van der Waals surface area contributed by atoms with E-state index in [0.717, 1.165) is 27.8 Å². The molecule has 196 valence electrons. The number of aryl methyl sites for hydroxylation is 1. The summed E-state index contributed by atoms with van der Waals surface area (Å²) in [5.74, 6) is 0.0699. The monoisotopic (exact) mass is 544 g/mol. The van der Waals surface area contributed by atoms with Gasteiger partial charge in [-0.2, -0.15) is 0 Å². The van der Waals surface area contributed by atoms with Crippen LogP contribution in [-0.2, 0) is 37.9 Å². The number of aromatic nitrogens is 2. The zero-order valence-electron chi connectivity index (χ0n) is 20.8. The van der Waals surface area contributed by atoms with Gasteiger partial charge in [-0.15, -0.1) is 0 Å². The largest absolute Gasteiger partial charge is 0.453 e. The molecular weight excluding hydrogens is 516 g/mol. The average Bonchev–Trinajstić information content (AvgIpc) is 3.31. The van der Waals surface area contributed by atoms with Gasteiger partial charge in [-0.3, -0.25) is 9.78 Å². The van der Waals surface area contributed by atoms with Crippen LogP contribution < -0.4 is 4.90 Å². The summed E-state index contributed by atoms with van der Waals surface area (Å²) in [7, 11) is -1.74. The summed E-state index contributed by atoms with van der Waals surface area (Å²) in [5.41, 5.74) is 2.80. The SMILES string of the molecule is COC(=O)N1CCC2(CC1)C(=O)N(Cc1cc3cc(Cl)ccc3n1CCCS(C)(=O)=O)c1cnccc12. The molecule has 0 aliphatic carbocycles. The van der Waals surface area contributed by atoms with Crippen molar-refractivity contribution in [1.29, 1.82) is 0 Å². The van der Waals surface area contributed by atoms with Gasteiger partial charge in [0, 0.05) is 53.7 Å². The number of pyridine rings is 1. The molecule has 1 saturated heterocycles. The van der Waals surface area contributed by atoms with Crippen LogP contribution in [0.2, 0.25) is 5.02 Å². The van der Waals surface area contributed by atoms with Crippen LogP contribution in [0.1, 0.15) is 30.5 Å². The van der Waals surface area contributed by atoms with E-state index >= 15 is 0 Å². The third kappa shape index (κ3) is 4.68. The van der Waals surface area contributed by atoms with E-state index in [1.807, 2.05) is 30.3 Å². The number of carbonyl (C=O) groups excluding carboxylic acids is 2. The summed E-state index contributed by atoms with van der Waals surface area (Å²) in [6.45, 7) is 1.66. The van der Waals surface area contributed by atoms with E-state index in [1.54, 1.807) is 22.2 Å². The Labute approximate surface area is 220 Å². The number of halogens is 1. The van der Waals surface area contributed by atoms with Crippen molar-refractivity contribution in [3.63, 3.8) is 0 Å². The Morgan fingerprint density at radius 1 is 1.19 bits per heavy atom. The van der Waals surface area contributed by atoms with Crippen LogP contribution in [-0.4, -0.2) is 67.1 Å². The van der Waals surface area contributed by atoms with E-state index < -0.39 is 15.3 Å². The van der Waals surface area contributed by atoms with Crippen LogP contribution in [0.3, 0.4) is 0 Å². The molecule has 2 amide bonds. The van der Waals surface area contributed by atoms with Gasteiger partial charge in [0.1, 0.15) is 9.84 Å². The standard InChI is InChI=1S/C26H29ClN4O5S/c1-36-25(33)29-11-7-26(8-12-29)21-6-9-28-16-23(21)31(24(26)32)17-20-15-18-14-19(27)4-5-22(18)30(20)10-3-13-37(2,34)35/h4-6,9,14-16H,3,7-8,10-13,17H2,1-2H3. The van der Waals surface area contributed by atoms with E-state index in [1.165, 1.54) is 13.4 Å². The minimum Gasteiger partial charge on any atom is -0.453 e. The number of nitrogens with zero attached hydrogens (tertiary/aromatic N) is 4. The number of rotatable bonds is 6. The first-order valence-electron chi connectivity index (χ1n) is 12.2. The van der Waals surface area contributed by atoms with Crippen molar-refractivity contribution in [2.75, 3.05) is 37.1 Å². The van der Waals surface area contributed by atoms with Crippen LogP contribution in [0.4, 0.5) is 10.5 Å². The number of anilines is 1. The molecule has 0 unspecified atom stereocenters. The summed E-state index contributed by atoms with van der Waals surface area (Å²) in [6, 6.07) is 9.52. The lowest BCUT2D eigenvalue weighted by atomic mass is 9.74. The van der Waals surface area contributed by atoms with E-state index in [-0.39, 0.29) is 17.8 Å². The molecule has 2 aliphatic heterocycles. The molecule has 5 rings (SSSR count). The highest BCUT2D eigenvalue weighted by Crippen LogP contribution is 2.48.